The van der Waals surface area contributed by atoms with Gasteiger partial charge in [-0.3, -0.25) is 9.59 Å². The van der Waals surface area contributed by atoms with Crippen LogP contribution in [0.4, 0.5) is 0 Å². The molecule has 0 bridgehead atoms. The molecule has 5 nitrogen and oxygen atoms in total. The van der Waals surface area contributed by atoms with Crippen LogP contribution in [0.2, 0.25) is 0 Å². The van der Waals surface area contributed by atoms with E-state index in [0.717, 1.165) is 0 Å². The summed E-state index contributed by atoms with van der Waals surface area (Å²) in [4.78, 5) is 20.6. The standard InChI is InChI=1S/C6H8O5/c7-4(8)1-6(10)2-5(9)11-3-6/h10H,1-3H2,(H,7,8)/t6-/m1/s1. The van der Waals surface area contributed by atoms with Crippen molar-refractivity contribution < 1.29 is 24.5 Å². The molecule has 1 fully saturated rings. The third-order valence-electron chi connectivity index (χ3n) is 1.46. The predicted molar refractivity (Wildman–Crippen MR) is 32.8 cm³/mol. The number of carbonyl (C=O) groups excluding carboxylic acids is 1. The highest BCUT2D eigenvalue weighted by molar-refractivity contribution is 5.76. The van der Waals surface area contributed by atoms with E-state index in [2.05, 4.69) is 4.74 Å². The molecular formula is C6H8O5. The SMILES string of the molecule is O=C(O)C[C@]1(O)COC(=O)C1. The Morgan fingerprint density at radius 2 is 2.36 bits per heavy atom. The van der Waals surface area contributed by atoms with Crippen molar-refractivity contribution in [1.29, 1.82) is 0 Å². The van der Waals surface area contributed by atoms with Gasteiger partial charge in [0.25, 0.3) is 0 Å². The van der Waals surface area contributed by atoms with Crippen LogP contribution in [0.3, 0.4) is 0 Å². The molecule has 0 aromatic carbocycles. The highest BCUT2D eigenvalue weighted by atomic mass is 16.6. The molecule has 0 radical (unpaired) electrons. The maximum Gasteiger partial charge on any atom is 0.308 e. The molecule has 0 aromatic rings. The maximum atomic E-state index is 10.5. The molecule has 0 aromatic heterocycles. The second kappa shape index (κ2) is 2.50. The van der Waals surface area contributed by atoms with Crippen LogP contribution >= 0.6 is 0 Å². The summed E-state index contributed by atoms with van der Waals surface area (Å²) in [7, 11) is 0. The summed E-state index contributed by atoms with van der Waals surface area (Å²) in [5, 5.41) is 17.6. The molecule has 5 heteroatoms. The van der Waals surface area contributed by atoms with Crippen molar-refractivity contribution in [1.82, 2.24) is 0 Å². The molecule has 1 saturated heterocycles. The normalized spacial score (nSPS) is 30.1. The Labute approximate surface area is 62.6 Å². The van der Waals surface area contributed by atoms with E-state index in [0.29, 0.717) is 0 Å². The minimum atomic E-state index is -1.48. The maximum absolute atomic E-state index is 10.5. The summed E-state index contributed by atoms with van der Waals surface area (Å²) >= 11 is 0. The van der Waals surface area contributed by atoms with Crippen molar-refractivity contribution in [2.45, 2.75) is 18.4 Å². The number of esters is 1. The van der Waals surface area contributed by atoms with E-state index >= 15 is 0 Å². The predicted octanol–water partition coefficient (Wildman–Crippen LogP) is -0.861. The van der Waals surface area contributed by atoms with Crippen molar-refractivity contribution in [3.05, 3.63) is 0 Å². The van der Waals surface area contributed by atoms with Gasteiger partial charge in [-0.05, 0) is 0 Å². The van der Waals surface area contributed by atoms with E-state index in [1.54, 1.807) is 0 Å². The second-order valence-electron chi connectivity index (χ2n) is 2.63. The number of hydrogen-bond acceptors (Lipinski definition) is 4. The van der Waals surface area contributed by atoms with Crippen molar-refractivity contribution >= 4 is 11.9 Å². The van der Waals surface area contributed by atoms with Gasteiger partial charge < -0.3 is 14.9 Å². The zero-order chi connectivity index (χ0) is 8.48. The lowest BCUT2D eigenvalue weighted by atomic mass is 9.99. The van der Waals surface area contributed by atoms with Gasteiger partial charge in [0, 0.05) is 0 Å². The van der Waals surface area contributed by atoms with Crippen LogP contribution in [0, 0.1) is 0 Å². The summed E-state index contributed by atoms with van der Waals surface area (Å²) in [6.45, 7) is -0.210. The zero-order valence-electron chi connectivity index (χ0n) is 5.74. The van der Waals surface area contributed by atoms with Crippen LogP contribution in [0.1, 0.15) is 12.8 Å². The molecular weight excluding hydrogens is 152 g/mol. The largest absolute Gasteiger partial charge is 0.481 e. The molecule has 1 atom stereocenters. The van der Waals surface area contributed by atoms with Crippen LogP contribution in [0.15, 0.2) is 0 Å². The van der Waals surface area contributed by atoms with Gasteiger partial charge in [0.1, 0.15) is 12.2 Å². The Hall–Kier alpha value is -1.10. The van der Waals surface area contributed by atoms with E-state index in [4.69, 9.17) is 5.11 Å². The Morgan fingerprint density at radius 1 is 1.73 bits per heavy atom. The Bertz CT molecular complexity index is 199. The van der Waals surface area contributed by atoms with Gasteiger partial charge in [-0.2, -0.15) is 0 Å². The van der Waals surface area contributed by atoms with Gasteiger partial charge in [0.2, 0.25) is 0 Å². The number of carbonyl (C=O) groups is 2. The van der Waals surface area contributed by atoms with Crippen LogP contribution in [0.5, 0.6) is 0 Å². The highest BCUT2D eigenvalue weighted by Crippen LogP contribution is 2.22. The molecule has 0 amide bonds. The minimum Gasteiger partial charge on any atom is -0.481 e. The van der Waals surface area contributed by atoms with E-state index in [1.165, 1.54) is 0 Å². The van der Waals surface area contributed by atoms with Gasteiger partial charge in [0.05, 0.1) is 12.8 Å². The van der Waals surface area contributed by atoms with Gasteiger partial charge in [-0.1, -0.05) is 0 Å². The first-order valence-electron chi connectivity index (χ1n) is 3.12. The molecule has 1 rings (SSSR count). The summed E-state index contributed by atoms with van der Waals surface area (Å²) in [6.07, 6.45) is -0.669. The van der Waals surface area contributed by atoms with Crippen molar-refractivity contribution in [3.8, 4) is 0 Å². The quantitative estimate of drug-likeness (QED) is 0.513. The third-order valence-corrected chi connectivity index (χ3v) is 1.46. The summed E-state index contributed by atoms with van der Waals surface area (Å²) in [5.74, 6) is -1.68. The zero-order valence-corrected chi connectivity index (χ0v) is 5.74. The Balaban J connectivity index is 2.55. The number of cyclic esters (lactones) is 1. The summed E-state index contributed by atoms with van der Waals surface area (Å²) in [6, 6.07) is 0. The average Bonchev–Trinajstić information content (AvgIpc) is 2.08. The van der Waals surface area contributed by atoms with E-state index in [1.807, 2.05) is 0 Å². The molecule has 0 spiro atoms. The van der Waals surface area contributed by atoms with Gasteiger partial charge in [0.15, 0.2) is 0 Å². The number of aliphatic hydroxyl groups is 1. The first-order valence-corrected chi connectivity index (χ1v) is 3.12. The van der Waals surface area contributed by atoms with Crippen molar-refractivity contribution in [2.75, 3.05) is 6.61 Å². The van der Waals surface area contributed by atoms with Crippen LogP contribution in [0.25, 0.3) is 0 Å². The average molecular weight is 160 g/mol. The van der Waals surface area contributed by atoms with Crippen molar-refractivity contribution in [2.24, 2.45) is 0 Å². The fourth-order valence-electron chi connectivity index (χ4n) is 0.981. The topological polar surface area (TPSA) is 83.8 Å². The fraction of sp³-hybridized carbons (Fsp3) is 0.667. The minimum absolute atomic E-state index is 0.210. The monoisotopic (exact) mass is 160 g/mol. The van der Waals surface area contributed by atoms with Gasteiger partial charge in [-0.25, -0.2) is 0 Å². The number of ether oxygens (including phenoxy) is 1. The molecule has 1 heterocycles. The molecule has 0 saturated carbocycles. The molecule has 0 aliphatic carbocycles. The first-order chi connectivity index (χ1) is 5.02. The number of hydrogen-bond donors (Lipinski definition) is 2. The van der Waals surface area contributed by atoms with Crippen LogP contribution < -0.4 is 0 Å². The van der Waals surface area contributed by atoms with E-state index < -0.39 is 24.0 Å². The molecule has 11 heavy (non-hydrogen) atoms. The molecule has 1 aliphatic rings. The fourth-order valence-corrected chi connectivity index (χ4v) is 0.981. The molecule has 2 N–H and O–H groups in total. The Kier molecular flexibility index (Phi) is 1.82. The lowest BCUT2D eigenvalue weighted by molar-refractivity contribution is -0.142. The lowest BCUT2D eigenvalue weighted by Crippen LogP contribution is -2.31. The van der Waals surface area contributed by atoms with E-state index in [-0.39, 0.29) is 13.0 Å². The van der Waals surface area contributed by atoms with Crippen LogP contribution in [-0.2, 0) is 14.3 Å². The van der Waals surface area contributed by atoms with Gasteiger partial charge >= 0.3 is 11.9 Å². The molecule has 1 aliphatic heterocycles. The van der Waals surface area contributed by atoms with Crippen LogP contribution in [-0.4, -0.2) is 34.4 Å². The third kappa shape index (κ3) is 1.91. The Morgan fingerprint density at radius 3 is 2.73 bits per heavy atom. The lowest BCUT2D eigenvalue weighted by Gasteiger charge is -2.14. The van der Waals surface area contributed by atoms with Gasteiger partial charge in [-0.15, -0.1) is 0 Å². The van der Waals surface area contributed by atoms with E-state index in [9.17, 15) is 14.7 Å². The number of carboxylic acid groups (broad SMARTS) is 1. The smallest absolute Gasteiger partial charge is 0.308 e. The molecule has 62 valence electrons. The summed E-state index contributed by atoms with van der Waals surface area (Å²) in [5.41, 5.74) is -1.48. The molecule has 0 unspecified atom stereocenters. The second-order valence-corrected chi connectivity index (χ2v) is 2.63. The number of aliphatic carboxylic acids is 1. The first kappa shape index (κ1) is 8.00. The summed E-state index contributed by atoms with van der Waals surface area (Å²) < 4.78 is 4.42. The number of rotatable bonds is 2. The highest BCUT2D eigenvalue weighted by Gasteiger charge is 2.40. The number of carboxylic acids is 1. The van der Waals surface area contributed by atoms with Crippen molar-refractivity contribution in [3.63, 3.8) is 0 Å².